The molecule has 6 nitrogen and oxygen atoms in total. The van der Waals surface area contributed by atoms with E-state index >= 15 is 0 Å². The predicted molar refractivity (Wildman–Crippen MR) is 59.3 cm³/mol. The Bertz CT molecular complexity index is 428. The first-order chi connectivity index (χ1) is 7.58. The van der Waals surface area contributed by atoms with Crippen molar-refractivity contribution < 1.29 is 8.42 Å². The lowest BCUT2D eigenvalue weighted by molar-refractivity contribution is 0.346. The van der Waals surface area contributed by atoms with Crippen LogP contribution in [0.25, 0.3) is 0 Å². The summed E-state index contributed by atoms with van der Waals surface area (Å²) in [4.78, 5) is 0.186. The Kier molecular flexibility index (Phi) is 3.27. The predicted octanol–water partition coefficient (Wildman–Crippen LogP) is -0.314. The number of hydrogen-bond donors (Lipinski definition) is 3. The van der Waals surface area contributed by atoms with Gasteiger partial charge in [0, 0.05) is 18.8 Å². The van der Waals surface area contributed by atoms with Crippen molar-refractivity contribution in [1.29, 1.82) is 0 Å². The Morgan fingerprint density at radius 1 is 1.50 bits per heavy atom. The third-order valence-corrected chi connectivity index (χ3v) is 4.16. The summed E-state index contributed by atoms with van der Waals surface area (Å²) in [6, 6.07) is -0.0383. The molecule has 0 aliphatic carbocycles. The smallest absolute Gasteiger partial charge is 0.243 e. The minimum atomic E-state index is -3.42. The number of nitrogens with zero attached hydrogens (tertiary/aromatic N) is 1. The van der Waals surface area contributed by atoms with Gasteiger partial charge in [0.25, 0.3) is 0 Å². The molecule has 1 saturated heterocycles. The molecule has 1 aliphatic heterocycles. The van der Waals surface area contributed by atoms with Crippen molar-refractivity contribution in [1.82, 2.24) is 20.2 Å². The van der Waals surface area contributed by atoms with Gasteiger partial charge in [-0.3, -0.25) is 5.10 Å². The summed E-state index contributed by atoms with van der Waals surface area (Å²) in [5, 5.41) is 9.34. The van der Waals surface area contributed by atoms with Crippen LogP contribution >= 0.6 is 0 Å². The molecule has 2 rings (SSSR count). The first kappa shape index (κ1) is 11.6. The number of rotatable bonds is 3. The minimum absolute atomic E-state index is 0.0383. The SMILES string of the molecule is CC1CNCC(NS(=O)(=O)c2cn[nH]c2)C1. The van der Waals surface area contributed by atoms with Crippen LogP contribution in [-0.4, -0.2) is 37.7 Å². The van der Waals surface area contributed by atoms with Crippen molar-refractivity contribution in [2.75, 3.05) is 13.1 Å². The number of H-pyrrole nitrogens is 1. The van der Waals surface area contributed by atoms with E-state index in [0.717, 1.165) is 13.0 Å². The molecule has 2 unspecified atom stereocenters. The number of sulfonamides is 1. The summed E-state index contributed by atoms with van der Waals surface area (Å²) in [5.74, 6) is 0.491. The second-order valence-electron chi connectivity index (χ2n) is 4.25. The maximum absolute atomic E-state index is 11.9. The van der Waals surface area contributed by atoms with E-state index in [1.165, 1.54) is 12.4 Å². The molecule has 0 amide bonds. The minimum Gasteiger partial charge on any atom is -0.315 e. The van der Waals surface area contributed by atoms with Gasteiger partial charge < -0.3 is 5.32 Å². The monoisotopic (exact) mass is 244 g/mol. The Labute approximate surface area is 94.9 Å². The van der Waals surface area contributed by atoms with E-state index in [-0.39, 0.29) is 10.9 Å². The fourth-order valence-corrected chi connectivity index (χ4v) is 3.07. The highest BCUT2D eigenvalue weighted by molar-refractivity contribution is 7.89. The van der Waals surface area contributed by atoms with E-state index in [4.69, 9.17) is 0 Å². The highest BCUT2D eigenvalue weighted by atomic mass is 32.2. The number of nitrogens with one attached hydrogen (secondary N) is 3. The summed E-state index contributed by atoms with van der Waals surface area (Å²) in [7, 11) is -3.42. The van der Waals surface area contributed by atoms with Gasteiger partial charge in [-0.2, -0.15) is 5.10 Å². The van der Waals surface area contributed by atoms with Crippen LogP contribution in [0.15, 0.2) is 17.3 Å². The molecule has 0 radical (unpaired) electrons. The van der Waals surface area contributed by atoms with E-state index < -0.39 is 10.0 Å². The van der Waals surface area contributed by atoms with Gasteiger partial charge in [0.15, 0.2) is 0 Å². The molecule has 0 spiro atoms. The first-order valence-electron chi connectivity index (χ1n) is 5.30. The van der Waals surface area contributed by atoms with Crippen LogP contribution in [0.5, 0.6) is 0 Å². The van der Waals surface area contributed by atoms with Crippen LogP contribution in [0.4, 0.5) is 0 Å². The molecular weight excluding hydrogens is 228 g/mol. The zero-order chi connectivity index (χ0) is 11.6. The molecule has 0 saturated carbocycles. The second kappa shape index (κ2) is 4.52. The van der Waals surface area contributed by atoms with Gasteiger partial charge in [-0.05, 0) is 18.9 Å². The van der Waals surface area contributed by atoms with E-state index in [2.05, 4.69) is 27.2 Å². The third-order valence-electron chi connectivity index (χ3n) is 2.68. The van der Waals surface area contributed by atoms with Crippen molar-refractivity contribution in [3.05, 3.63) is 12.4 Å². The highest BCUT2D eigenvalue weighted by Gasteiger charge is 2.24. The van der Waals surface area contributed by atoms with Crippen LogP contribution in [0.2, 0.25) is 0 Å². The Balaban J connectivity index is 2.04. The second-order valence-corrected chi connectivity index (χ2v) is 5.97. The molecule has 90 valence electrons. The number of hydrogen-bond acceptors (Lipinski definition) is 4. The maximum Gasteiger partial charge on any atom is 0.243 e. The van der Waals surface area contributed by atoms with Crippen LogP contribution in [-0.2, 0) is 10.0 Å². The van der Waals surface area contributed by atoms with Crippen molar-refractivity contribution in [2.24, 2.45) is 5.92 Å². The average Bonchev–Trinajstić information content (AvgIpc) is 2.69. The first-order valence-corrected chi connectivity index (χ1v) is 6.78. The largest absolute Gasteiger partial charge is 0.315 e. The lowest BCUT2D eigenvalue weighted by Crippen LogP contribution is -2.48. The van der Waals surface area contributed by atoms with Gasteiger partial charge >= 0.3 is 0 Å². The van der Waals surface area contributed by atoms with Gasteiger partial charge in [-0.15, -0.1) is 0 Å². The van der Waals surface area contributed by atoms with E-state index in [1.807, 2.05) is 0 Å². The molecule has 0 bridgehead atoms. The van der Waals surface area contributed by atoms with Crippen LogP contribution in [0.1, 0.15) is 13.3 Å². The molecule has 2 atom stereocenters. The number of piperidine rings is 1. The summed E-state index contributed by atoms with van der Waals surface area (Å²) < 4.78 is 26.4. The molecule has 0 aromatic carbocycles. The quantitative estimate of drug-likeness (QED) is 0.680. The topological polar surface area (TPSA) is 86.9 Å². The fraction of sp³-hybridized carbons (Fsp3) is 0.667. The van der Waals surface area contributed by atoms with E-state index in [1.54, 1.807) is 0 Å². The number of aromatic nitrogens is 2. The van der Waals surface area contributed by atoms with E-state index in [0.29, 0.717) is 12.5 Å². The summed E-state index contributed by atoms with van der Waals surface area (Å²) in [5.41, 5.74) is 0. The summed E-state index contributed by atoms with van der Waals surface area (Å²) in [6.45, 7) is 3.73. The molecule has 16 heavy (non-hydrogen) atoms. The molecule has 1 aliphatic rings. The van der Waals surface area contributed by atoms with Crippen molar-refractivity contribution in [3.8, 4) is 0 Å². The standard InChI is InChI=1S/C9H16N4O2S/c1-7-2-8(4-10-3-7)13-16(14,15)9-5-11-12-6-9/h5-8,10,13H,2-4H2,1H3,(H,11,12). The molecule has 7 heteroatoms. The summed E-state index contributed by atoms with van der Waals surface area (Å²) >= 11 is 0. The Morgan fingerprint density at radius 3 is 2.94 bits per heavy atom. The molecule has 1 aromatic rings. The normalized spacial score (nSPS) is 26.8. The average molecular weight is 244 g/mol. The summed E-state index contributed by atoms with van der Waals surface area (Å²) in [6.07, 6.45) is 3.55. The van der Waals surface area contributed by atoms with Crippen LogP contribution < -0.4 is 10.0 Å². The van der Waals surface area contributed by atoms with Crippen molar-refractivity contribution in [2.45, 2.75) is 24.3 Å². The van der Waals surface area contributed by atoms with Crippen LogP contribution in [0, 0.1) is 5.92 Å². The fourth-order valence-electron chi connectivity index (χ4n) is 1.92. The number of aromatic amines is 1. The molecule has 1 fully saturated rings. The lowest BCUT2D eigenvalue weighted by atomic mass is 9.99. The molecular formula is C9H16N4O2S. The molecule has 1 aromatic heterocycles. The maximum atomic E-state index is 11.9. The van der Waals surface area contributed by atoms with Gasteiger partial charge in [0.05, 0.1) is 6.20 Å². The molecule has 2 heterocycles. The van der Waals surface area contributed by atoms with Crippen LogP contribution in [0.3, 0.4) is 0 Å². The van der Waals surface area contributed by atoms with E-state index in [9.17, 15) is 8.42 Å². The molecule has 3 N–H and O–H groups in total. The lowest BCUT2D eigenvalue weighted by Gasteiger charge is -2.27. The van der Waals surface area contributed by atoms with Crippen molar-refractivity contribution in [3.63, 3.8) is 0 Å². The van der Waals surface area contributed by atoms with Crippen molar-refractivity contribution >= 4 is 10.0 Å². The van der Waals surface area contributed by atoms with Gasteiger partial charge in [-0.1, -0.05) is 6.92 Å². The Morgan fingerprint density at radius 2 is 2.31 bits per heavy atom. The zero-order valence-electron chi connectivity index (χ0n) is 9.10. The zero-order valence-corrected chi connectivity index (χ0v) is 9.92. The van der Waals surface area contributed by atoms with Gasteiger partial charge in [-0.25, -0.2) is 13.1 Å². The van der Waals surface area contributed by atoms with Gasteiger partial charge in [0.2, 0.25) is 10.0 Å². The highest BCUT2D eigenvalue weighted by Crippen LogP contribution is 2.12. The third kappa shape index (κ3) is 2.60. The Hall–Kier alpha value is -0.920. The van der Waals surface area contributed by atoms with Gasteiger partial charge in [0.1, 0.15) is 4.90 Å².